The minimum atomic E-state index is -2.64. The lowest BCUT2D eigenvalue weighted by molar-refractivity contribution is 0.375. The summed E-state index contributed by atoms with van der Waals surface area (Å²) in [4.78, 5) is 0. The van der Waals surface area contributed by atoms with E-state index in [-0.39, 0.29) is 0 Å². The Bertz CT molecular complexity index is 4020. The molecule has 0 amide bonds. The van der Waals surface area contributed by atoms with Gasteiger partial charge >= 0.3 is 0 Å². The van der Waals surface area contributed by atoms with Gasteiger partial charge in [0.25, 0.3) is 0 Å². The fourth-order valence-electron chi connectivity index (χ4n) is 8.62. The summed E-state index contributed by atoms with van der Waals surface area (Å²) in [5.41, 5.74) is -15.8. The first kappa shape index (κ1) is 54.1. The summed E-state index contributed by atoms with van der Waals surface area (Å²) in [5.74, 6) is -56.1. The van der Waals surface area contributed by atoms with E-state index in [2.05, 4.69) is 0 Å². The van der Waals surface area contributed by atoms with Crippen LogP contribution in [0.3, 0.4) is 0 Å². The third kappa shape index (κ3) is 8.53. The monoisotopic (exact) mass is 1160 g/mol. The van der Waals surface area contributed by atoms with Gasteiger partial charge in [0.1, 0.15) is 67.7 Å². The maximum absolute atomic E-state index is 15.8. The average molecular weight is 1160 g/mol. The molecule has 0 saturated carbocycles. The van der Waals surface area contributed by atoms with Gasteiger partial charge in [-0.2, -0.15) is 0 Å². The van der Waals surface area contributed by atoms with Gasteiger partial charge in [-0.3, -0.25) is 0 Å². The first-order chi connectivity index (χ1) is 39.0. The Morgan fingerprint density at radius 2 is 0.329 bits per heavy atom. The molecule has 0 saturated heterocycles. The normalized spacial score (nSPS) is 16.3. The van der Waals surface area contributed by atoms with E-state index < -0.39 is 229 Å². The lowest BCUT2D eigenvalue weighted by atomic mass is 10.0. The molecule has 0 N–H and O–H groups in total. The molecule has 26 heteroatoms. The largest absolute Gasteiger partial charge is 0.457 e. The molecule has 82 heavy (non-hydrogen) atoms. The van der Waals surface area contributed by atoms with Gasteiger partial charge in [-0.25, -0.2) is 87.8 Å². The molecule has 6 aromatic heterocycles. The summed E-state index contributed by atoms with van der Waals surface area (Å²) in [6.45, 7) is 0. The minimum absolute atomic E-state index is 0.454. The van der Waals surface area contributed by atoms with Crippen LogP contribution in [0.25, 0.3) is 46.6 Å². The summed E-state index contributed by atoms with van der Waals surface area (Å²) in [5, 5.41) is 0. The van der Waals surface area contributed by atoms with Crippen molar-refractivity contribution >= 4 is 46.6 Å². The molecule has 0 atom stereocenters. The van der Waals surface area contributed by atoms with E-state index in [1.165, 1.54) is 0 Å². The SMILES string of the molecule is Fc1c(F)c(F)c(/C2=c3\cc/c(o3)=C(\c3c(F)c(F)c(F)c(F)c3F)c3ccc(o3)/C=C/c3ccc(o3)/C(c3c(F)c(F)c(F)c(F)c3F)=c3/cc/c(o3)=C(\c3c(F)c(F)c(F)c(F)c3F)c3ccc(o3)/C=C/c3ccc2o3)c(F)c1F. The number of hydrogen-bond donors (Lipinski definition) is 0. The predicted molar refractivity (Wildman–Crippen MR) is 240 cm³/mol. The molecule has 4 aromatic carbocycles. The lowest BCUT2D eigenvalue weighted by Crippen LogP contribution is -2.16. The van der Waals surface area contributed by atoms with E-state index >= 15 is 35.1 Å². The Morgan fingerprint density at radius 1 is 0.171 bits per heavy atom. The van der Waals surface area contributed by atoms with E-state index in [1.807, 2.05) is 0 Å². The van der Waals surface area contributed by atoms with Crippen LogP contribution in [-0.4, -0.2) is 0 Å². The molecule has 416 valence electrons. The maximum Gasteiger partial charge on any atom is 0.200 e. The van der Waals surface area contributed by atoms with Crippen LogP contribution in [0.5, 0.6) is 0 Å². The highest BCUT2D eigenvalue weighted by Gasteiger charge is 2.36. The quantitative estimate of drug-likeness (QED) is 0.0992. The first-order valence-electron chi connectivity index (χ1n) is 22.5. The van der Waals surface area contributed by atoms with Crippen LogP contribution in [-0.2, 0) is 0 Å². The fraction of sp³-hybridized carbons (Fsp3) is 0. The van der Waals surface area contributed by atoms with Crippen molar-refractivity contribution in [3.8, 4) is 0 Å². The lowest BCUT2D eigenvalue weighted by Gasteiger charge is -2.10. The van der Waals surface area contributed by atoms with Crippen molar-refractivity contribution in [3.63, 3.8) is 0 Å². The smallest absolute Gasteiger partial charge is 0.200 e. The third-order valence-corrected chi connectivity index (χ3v) is 12.4. The number of benzene rings is 4. The highest BCUT2D eigenvalue weighted by molar-refractivity contribution is 5.82. The minimum Gasteiger partial charge on any atom is -0.457 e. The second-order valence-electron chi connectivity index (χ2n) is 17.1. The van der Waals surface area contributed by atoms with Gasteiger partial charge in [-0.05, 0) is 97.1 Å². The zero-order valence-electron chi connectivity index (χ0n) is 39.2. The first-order valence-corrected chi connectivity index (χ1v) is 22.5. The summed E-state index contributed by atoms with van der Waals surface area (Å²) in [6, 6.07) is 9.88. The number of halogens is 20. The Labute approximate surface area is 439 Å². The second kappa shape index (κ2) is 20.0. The highest BCUT2D eigenvalue weighted by Crippen LogP contribution is 2.38. The van der Waals surface area contributed by atoms with E-state index in [1.54, 1.807) is 0 Å². The number of hydrogen-bond acceptors (Lipinski definition) is 6. The molecule has 1 aliphatic rings. The highest BCUT2D eigenvalue weighted by atomic mass is 19.2. The molecule has 0 unspecified atom stereocenters. The molecule has 7 heterocycles. The molecule has 11 rings (SSSR count). The molecular weight excluding hydrogens is 1150 g/mol. The van der Waals surface area contributed by atoms with Gasteiger partial charge in [0.2, 0.25) is 23.3 Å². The van der Waals surface area contributed by atoms with Gasteiger partial charge in [-0.15, -0.1) is 0 Å². The molecule has 6 nitrogen and oxygen atoms in total. The van der Waals surface area contributed by atoms with Crippen LogP contribution in [0.15, 0.2) is 99.3 Å². The third-order valence-electron chi connectivity index (χ3n) is 12.4. The van der Waals surface area contributed by atoms with Gasteiger partial charge in [0.15, 0.2) is 93.1 Å². The van der Waals surface area contributed by atoms with Crippen molar-refractivity contribution in [2.45, 2.75) is 0 Å². The Kier molecular flexibility index (Phi) is 13.2. The number of furan rings is 6. The molecule has 0 spiro atoms. The van der Waals surface area contributed by atoms with Crippen molar-refractivity contribution in [3.05, 3.63) is 279 Å². The van der Waals surface area contributed by atoms with E-state index in [4.69, 9.17) is 26.5 Å². The summed E-state index contributed by atoms with van der Waals surface area (Å²) in [6.07, 6.45) is 3.68. The van der Waals surface area contributed by atoms with Crippen molar-refractivity contribution in [2.75, 3.05) is 0 Å². The zero-order chi connectivity index (χ0) is 58.7. The van der Waals surface area contributed by atoms with Crippen LogP contribution in [0, 0.1) is 116 Å². The van der Waals surface area contributed by atoms with Crippen LogP contribution in [0.4, 0.5) is 87.8 Å². The van der Waals surface area contributed by atoms with Gasteiger partial charge in [-0.1, -0.05) is 0 Å². The van der Waals surface area contributed by atoms with E-state index in [0.717, 1.165) is 72.8 Å². The van der Waals surface area contributed by atoms with Crippen LogP contribution >= 0.6 is 0 Å². The molecule has 0 fully saturated rings. The topological polar surface area (TPSA) is 78.8 Å². The fourth-order valence-corrected chi connectivity index (χ4v) is 8.62. The Morgan fingerprint density at radius 3 is 0.500 bits per heavy atom. The predicted octanol–water partition coefficient (Wildman–Crippen LogP) is 13.7. The van der Waals surface area contributed by atoms with Crippen molar-refractivity contribution in [1.82, 2.24) is 0 Å². The van der Waals surface area contributed by atoms with E-state index in [0.29, 0.717) is 24.3 Å². The average Bonchev–Trinajstić information content (AvgIpc) is 4.04. The van der Waals surface area contributed by atoms with Crippen molar-refractivity contribution in [2.24, 2.45) is 0 Å². The van der Waals surface area contributed by atoms with Crippen molar-refractivity contribution < 1.29 is 114 Å². The van der Waals surface area contributed by atoms with Crippen LogP contribution in [0.2, 0.25) is 0 Å². The van der Waals surface area contributed by atoms with Gasteiger partial charge < -0.3 is 26.5 Å². The zero-order valence-corrected chi connectivity index (χ0v) is 39.2. The van der Waals surface area contributed by atoms with Crippen LogP contribution < -0.4 is 21.7 Å². The Balaban J connectivity index is 1.23. The molecule has 10 aromatic rings. The van der Waals surface area contributed by atoms with Gasteiger partial charge in [0.05, 0.1) is 44.5 Å². The summed E-state index contributed by atoms with van der Waals surface area (Å²) in [7, 11) is 0. The molecule has 12 bridgehead atoms. The molecule has 0 aliphatic carbocycles. The maximum atomic E-state index is 15.8. The second-order valence-corrected chi connectivity index (χ2v) is 17.1. The number of rotatable bonds is 4. The standard InChI is InChI=1S/C56H16F20O6/c57-37-33(38(58)46(66)53(73)45(37)65)29-21-9-5-17(77-21)1-2-18-6-10-22(78-18)30(34-39(59)47(67)54(74)48(68)40(34)60)26-15-16-28(82-26)32(36-43(63)51(71)56(76)52(72)44(36)64)24-12-8-20(80-24)4-3-19-7-11-23(79-19)31(27-14-13-25(29)81-27)35-41(61)49(69)55(75)50(70)42(35)62/h1-16H/b2-1+,4-3+,17-1?,18-2?,19-3?,20-4?,29-21?,29-25+,30-22?,30-26+,31-23?,31-27+,32-24?,32-28+. The number of fused-ring (bicyclic) bond motifs is 12. The molecule has 1 aliphatic heterocycles. The Hall–Kier alpha value is -9.88. The van der Waals surface area contributed by atoms with E-state index in [9.17, 15) is 52.7 Å². The summed E-state index contributed by atoms with van der Waals surface area (Å²) < 4.78 is 338. The van der Waals surface area contributed by atoms with Crippen LogP contribution in [0.1, 0.15) is 68.3 Å². The summed E-state index contributed by atoms with van der Waals surface area (Å²) >= 11 is 0. The van der Waals surface area contributed by atoms with Gasteiger partial charge in [0, 0.05) is 0 Å². The molecular formula is C56H16F20O6. The van der Waals surface area contributed by atoms with Crippen molar-refractivity contribution in [1.29, 1.82) is 0 Å². The molecule has 0 radical (unpaired) electrons.